The number of benzene rings is 2. The van der Waals surface area contributed by atoms with Gasteiger partial charge in [0.25, 0.3) is 5.91 Å². The van der Waals surface area contributed by atoms with Gasteiger partial charge in [0.2, 0.25) is 5.91 Å². The molecule has 8 heteroatoms. The van der Waals surface area contributed by atoms with Crippen molar-refractivity contribution in [3.05, 3.63) is 95.7 Å². The summed E-state index contributed by atoms with van der Waals surface area (Å²) in [5, 5.41) is 8.15. The van der Waals surface area contributed by atoms with Gasteiger partial charge in [-0.15, -0.1) is 0 Å². The van der Waals surface area contributed by atoms with E-state index >= 15 is 0 Å². The summed E-state index contributed by atoms with van der Waals surface area (Å²) in [6, 6.07) is 16.0. The lowest BCUT2D eigenvalue weighted by atomic mass is 10.1. The zero-order valence-electron chi connectivity index (χ0n) is 15.7. The van der Waals surface area contributed by atoms with Crippen molar-refractivity contribution in [2.24, 2.45) is 0 Å². The Labute approximate surface area is 177 Å². The molecule has 2 amide bonds. The average Bonchev–Trinajstić information content (AvgIpc) is 3.25. The second-order valence-corrected chi connectivity index (χ2v) is 6.54. The molecule has 3 rings (SSSR count). The predicted octanol–water partition coefficient (Wildman–Crippen LogP) is 3.88. The van der Waals surface area contributed by atoms with Crippen molar-refractivity contribution in [2.45, 2.75) is 6.54 Å². The fourth-order valence-corrected chi connectivity index (χ4v) is 2.73. The van der Waals surface area contributed by atoms with E-state index in [1.165, 1.54) is 30.5 Å². The molecule has 0 spiro atoms. The molecule has 0 aliphatic carbocycles. The second kappa shape index (κ2) is 10.1. The van der Waals surface area contributed by atoms with Crippen LogP contribution in [0.3, 0.4) is 0 Å². The summed E-state index contributed by atoms with van der Waals surface area (Å²) < 4.78 is 18.1. The average molecular weight is 423 g/mol. The number of rotatable bonds is 6. The molecular formula is C22H18FN3O3S. The maximum absolute atomic E-state index is 12.9. The number of anilines is 1. The first kappa shape index (κ1) is 20.9. The van der Waals surface area contributed by atoms with Crippen LogP contribution in [0.4, 0.5) is 10.1 Å². The molecule has 1 heterocycles. The molecule has 152 valence electrons. The smallest absolute Gasteiger partial charge is 0.253 e. The first-order valence-corrected chi connectivity index (χ1v) is 9.37. The van der Waals surface area contributed by atoms with E-state index in [1.54, 1.807) is 48.5 Å². The second-order valence-electron chi connectivity index (χ2n) is 6.14. The van der Waals surface area contributed by atoms with Gasteiger partial charge in [-0.3, -0.25) is 14.9 Å². The highest BCUT2D eigenvalue weighted by Crippen LogP contribution is 2.15. The Kier molecular flexibility index (Phi) is 7.07. The van der Waals surface area contributed by atoms with E-state index in [2.05, 4.69) is 16.0 Å². The van der Waals surface area contributed by atoms with Crippen LogP contribution in [0.1, 0.15) is 21.7 Å². The summed E-state index contributed by atoms with van der Waals surface area (Å²) in [6.45, 7) is 0.246. The quantitative estimate of drug-likeness (QED) is 0.414. The third-order valence-electron chi connectivity index (χ3n) is 3.96. The van der Waals surface area contributed by atoms with Gasteiger partial charge in [-0.2, -0.15) is 0 Å². The molecule has 0 saturated carbocycles. The summed E-state index contributed by atoms with van der Waals surface area (Å²) >= 11 is 5.16. The first-order valence-electron chi connectivity index (χ1n) is 8.96. The van der Waals surface area contributed by atoms with Gasteiger partial charge in [0.1, 0.15) is 11.6 Å². The van der Waals surface area contributed by atoms with Gasteiger partial charge in [-0.25, -0.2) is 4.39 Å². The van der Waals surface area contributed by atoms with Crippen molar-refractivity contribution in [1.29, 1.82) is 0 Å². The molecule has 6 nitrogen and oxygen atoms in total. The molecular weight excluding hydrogens is 405 g/mol. The molecule has 1 aromatic heterocycles. The van der Waals surface area contributed by atoms with Gasteiger partial charge >= 0.3 is 0 Å². The third-order valence-corrected chi connectivity index (χ3v) is 4.16. The Balaban J connectivity index is 1.57. The van der Waals surface area contributed by atoms with E-state index in [4.69, 9.17) is 16.6 Å². The first-order chi connectivity index (χ1) is 14.5. The van der Waals surface area contributed by atoms with Crippen molar-refractivity contribution >= 4 is 40.9 Å². The minimum Gasteiger partial charge on any atom is -0.467 e. The van der Waals surface area contributed by atoms with E-state index in [1.807, 2.05) is 0 Å². The minimum absolute atomic E-state index is 0.0371. The maximum atomic E-state index is 12.9. The summed E-state index contributed by atoms with van der Waals surface area (Å²) in [5.74, 6) is -0.505. The normalized spacial score (nSPS) is 10.6. The van der Waals surface area contributed by atoms with E-state index in [9.17, 15) is 14.0 Å². The van der Waals surface area contributed by atoms with Crippen molar-refractivity contribution in [1.82, 2.24) is 10.6 Å². The zero-order valence-corrected chi connectivity index (χ0v) is 16.5. The lowest BCUT2D eigenvalue weighted by Crippen LogP contribution is -2.33. The van der Waals surface area contributed by atoms with Gasteiger partial charge < -0.3 is 15.1 Å². The van der Waals surface area contributed by atoms with Gasteiger partial charge in [-0.05, 0) is 60.3 Å². The lowest BCUT2D eigenvalue weighted by Gasteiger charge is -2.12. The standard InChI is InChI=1S/C22H18FN3O3S/c23-16-10-7-15(8-11-16)9-12-20(27)26-22(30)25-19-6-2-1-5-18(19)21(28)24-14-17-4-3-13-29-17/h1-13H,14H2,(H,24,28)(H2,25,26,27,30). The minimum atomic E-state index is -0.462. The molecule has 0 radical (unpaired) electrons. The van der Waals surface area contributed by atoms with E-state index in [-0.39, 0.29) is 23.4 Å². The van der Waals surface area contributed by atoms with Gasteiger partial charge in [0.15, 0.2) is 5.11 Å². The SMILES string of the molecule is O=C(C=Cc1ccc(F)cc1)NC(=S)Nc1ccccc1C(=O)NCc1ccco1. The van der Waals surface area contributed by atoms with Crippen LogP contribution < -0.4 is 16.0 Å². The highest BCUT2D eigenvalue weighted by atomic mass is 32.1. The topological polar surface area (TPSA) is 83.4 Å². The molecule has 30 heavy (non-hydrogen) atoms. The van der Waals surface area contributed by atoms with Gasteiger partial charge in [-0.1, -0.05) is 24.3 Å². The van der Waals surface area contributed by atoms with Crippen LogP contribution in [-0.4, -0.2) is 16.9 Å². The number of furan rings is 1. The fourth-order valence-electron chi connectivity index (χ4n) is 2.52. The molecule has 3 aromatic rings. The Morgan fingerprint density at radius 1 is 1.03 bits per heavy atom. The Bertz CT molecular complexity index is 1060. The highest BCUT2D eigenvalue weighted by Gasteiger charge is 2.12. The molecule has 0 aliphatic heterocycles. The van der Waals surface area contributed by atoms with Crippen LogP contribution in [0.5, 0.6) is 0 Å². The molecule has 3 N–H and O–H groups in total. The van der Waals surface area contributed by atoms with Crippen LogP contribution >= 0.6 is 12.2 Å². The number of hydrogen-bond donors (Lipinski definition) is 3. The molecule has 0 unspecified atom stereocenters. The number of para-hydroxylation sites is 1. The van der Waals surface area contributed by atoms with Crippen molar-refractivity contribution in [2.75, 3.05) is 5.32 Å². The number of carbonyl (C=O) groups excluding carboxylic acids is 2. The Morgan fingerprint density at radius 2 is 1.80 bits per heavy atom. The summed E-state index contributed by atoms with van der Waals surface area (Å²) in [5.41, 5.74) is 1.48. The van der Waals surface area contributed by atoms with Crippen molar-refractivity contribution in [3.8, 4) is 0 Å². The lowest BCUT2D eigenvalue weighted by molar-refractivity contribution is -0.115. The number of hydrogen-bond acceptors (Lipinski definition) is 4. The molecule has 0 bridgehead atoms. The number of amides is 2. The van der Waals surface area contributed by atoms with E-state index in [0.717, 1.165) is 0 Å². The summed E-state index contributed by atoms with van der Waals surface area (Å²) in [4.78, 5) is 24.5. The predicted molar refractivity (Wildman–Crippen MR) is 116 cm³/mol. The van der Waals surface area contributed by atoms with Crippen LogP contribution in [0.2, 0.25) is 0 Å². The van der Waals surface area contributed by atoms with Crippen LogP contribution in [-0.2, 0) is 11.3 Å². The Hall–Kier alpha value is -3.78. The molecule has 0 aliphatic rings. The monoisotopic (exact) mass is 423 g/mol. The van der Waals surface area contributed by atoms with Crippen molar-refractivity contribution < 1.29 is 18.4 Å². The molecule has 0 atom stereocenters. The number of carbonyl (C=O) groups is 2. The van der Waals surface area contributed by atoms with Crippen LogP contribution in [0, 0.1) is 5.82 Å². The zero-order chi connectivity index (χ0) is 21.3. The van der Waals surface area contributed by atoms with Crippen LogP contribution in [0.25, 0.3) is 6.08 Å². The van der Waals surface area contributed by atoms with Gasteiger partial charge in [0, 0.05) is 6.08 Å². The Morgan fingerprint density at radius 3 is 2.53 bits per heavy atom. The van der Waals surface area contributed by atoms with Gasteiger partial charge in [0.05, 0.1) is 24.1 Å². The molecule has 2 aromatic carbocycles. The largest absolute Gasteiger partial charge is 0.467 e. The van der Waals surface area contributed by atoms with Crippen molar-refractivity contribution in [3.63, 3.8) is 0 Å². The summed E-state index contributed by atoms with van der Waals surface area (Å²) in [6.07, 6.45) is 4.35. The van der Waals surface area contributed by atoms with E-state index in [0.29, 0.717) is 22.6 Å². The third kappa shape index (κ3) is 6.11. The fraction of sp³-hybridized carbons (Fsp3) is 0.0455. The van der Waals surface area contributed by atoms with Crippen LogP contribution in [0.15, 0.2) is 77.4 Å². The highest BCUT2D eigenvalue weighted by molar-refractivity contribution is 7.80. The number of nitrogens with one attached hydrogen (secondary N) is 3. The number of halogens is 1. The molecule has 0 fully saturated rings. The maximum Gasteiger partial charge on any atom is 0.253 e. The molecule has 0 saturated heterocycles. The van der Waals surface area contributed by atoms with E-state index < -0.39 is 5.91 Å². The number of thiocarbonyl (C=S) groups is 1. The summed E-state index contributed by atoms with van der Waals surface area (Å²) in [7, 11) is 0.